The van der Waals surface area contributed by atoms with Crippen LogP contribution in [0.5, 0.6) is 5.75 Å². The number of hydrogen-bond acceptors (Lipinski definition) is 4. The Bertz CT molecular complexity index is 508. The summed E-state index contributed by atoms with van der Waals surface area (Å²) in [7, 11) is 3.52. The van der Waals surface area contributed by atoms with E-state index in [1.165, 1.54) is 11.9 Å². The number of methoxy groups -OCH3 is 1. The van der Waals surface area contributed by atoms with Crippen LogP contribution in [0.2, 0.25) is 0 Å². The number of nitrogens with zero attached hydrogens (tertiary/aromatic N) is 3. The normalized spacial score (nSPS) is 12.4. The molecule has 5 heteroatoms. The Morgan fingerprint density at radius 2 is 2.00 bits per heavy atom. The second kappa shape index (κ2) is 6.33. The van der Waals surface area contributed by atoms with Crippen molar-refractivity contribution >= 4 is 0 Å². The molecule has 1 atom stereocenters. The molecule has 0 aliphatic heterocycles. The minimum Gasteiger partial charge on any atom is -0.497 e. The Morgan fingerprint density at radius 1 is 1.26 bits per heavy atom. The molecule has 0 fully saturated rings. The van der Waals surface area contributed by atoms with Crippen molar-refractivity contribution in [2.24, 2.45) is 13.0 Å². The van der Waals surface area contributed by atoms with E-state index in [9.17, 15) is 5.11 Å². The number of benzene rings is 1. The number of hydrogen-bond donors (Lipinski definition) is 1. The van der Waals surface area contributed by atoms with Gasteiger partial charge in [0.25, 0.3) is 0 Å². The molecule has 0 spiro atoms. The smallest absolute Gasteiger partial charge is 0.138 e. The molecule has 0 aliphatic rings. The molecule has 0 saturated carbocycles. The molecule has 1 heterocycles. The van der Waals surface area contributed by atoms with Crippen LogP contribution in [-0.2, 0) is 19.9 Å². The van der Waals surface area contributed by atoms with E-state index in [-0.39, 0.29) is 12.5 Å². The Kier molecular flexibility index (Phi) is 4.52. The fourth-order valence-electron chi connectivity index (χ4n) is 2.06. The first-order chi connectivity index (χ1) is 9.22. The van der Waals surface area contributed by atoms with Gasteiger partial charge in [-0.15, -0.1) is 0 Å². The van der Waals surface area contributed by atoms with Crippen molar-refractivity contribution in [2.45, 2.75) is 12.8 Å². The van der Waals surface area contributed by atoms with E-state index in [2.05, 4.69) is 10.1 Å². The molecular weight excluding hydrogens is 242 g/mol. The van der Waals surface area contributed by atoms with Crippen LogP contribution in [0.15, 0.2) is 30.6 Å². The zero-order valence-corrected chi connectivity index (χ0v) is 11.3. The molecule has 5 nitrogen and oxygen atoms in total. The molecule has 102 valence electrons. The number of aliphatic hydroxyl groups excluding tert-OH is 1. The third-order valence-electron chi connectivity index (χ3n) is 3.22. The number of ether oxygens (including phenoxy) is 1. The fourth-order valence-corrected chi connectivity index (χ4v) is 2.06. The fraction of sp³-hybridized carbons (Fsp3) is 0.429. The van der Waals surface area contributed by atoms with Gasteiger partial charge >= 0.3 is 0 Å². The van der Waals surface area contributed by atoms with Gasteiger partial charge in [0, 0.05) is 20.1 Å². The highest BCUT2D eigenvalue weighted by Gasteiger charge is 2.13. The molecule has 1 aromatic carbocycles. The van der Waals surface area contributed by atoms with E-state index < -0.39 is 0 Å². The molecule has 1 unspecified atom stereocenters. The average Bonchev–Trinajstić information content (AvgIpc) is 2.84. The number of rotatable bonds is 6. The molecule has 1 N–H and O–H groups in total. The molecule has 0 saturated heterocycles. The van der Waals surface area contributed by atoms with Crippen LogP contribution in [0.3, 0.4) is 0 Å². The lowest BCUT2D eigenvalue weighted by Crippen LogP contribution is -2.15. The summed E-state index contributed by atoms with van der Waals surface area (Å²) >= 11 is 0. The van der Waals surface area contributed by atoms with Crippen LogP contribution in [0.1, 0.15) is 11.4 Å². The third kappa shape index (κ3) is 3.54. The van der Waals surface area contributed by atoms with Gasteiger partial charge in [-0.3, -0.25) is 4.68 Å². The second-order valence-corrected chi connectivity index (χ2v) is 4.60. The topological polar surface area (TPSA) is 60.2 Å². The van der Waals surface area contributed by atoms with E-state index in [1.54, 1.807) is 11.8 Å². The lowest BCUT2D eigenvalue weighted by molar-refractivity contribution is 0.222. The maximum absolute atomic E-state index is 9.50. The molecule has 2 aromatic rings. The Balaban J connectivity index is 2.00. The van der Waals surface area contributed by atoms with E-state index in [4.69, 9.17) is 4.74 Å². The van der Waals surface area contributed by atoms with Gasteiger partial charge in [0.1, 0.15) is 17.9 Å². The van der Waals surface area contributed by atoms with E-state index in [0.717, 1.165) is 24.4 Å². The molecule has 0 amide bonds. The highest BCUT2D eigenvalue weighted by atomic mass is 16.5. The van der Waals surface area contributed by atoms with Crippen LogP contribution < -0.4 is 4.74 Å². The second-order valence-electron chi connectivity index (χ2n) is 4.60. The van der Waals surface area contributed by atoms with Gasteiger partial charge in [0.15, 0.2) is 0 Å². The van der Waals surface area contributed by atoms with Crippen molar-refractivity contribution < 1.29 is 9.84 Å². The largest absolute Gasteiger partial charge is 0.497 e. The van der Waals surface area contributed by atoms with Crippen LogP contribution in [0.4, 0.5) is 0 Å². The summed E-state index contributed by atoms with van der Waals surface area (Å²) in [5, 5.41) is 13.5. The maximum atomic E-state index is 9.50. The number of aryl methyl sites for hydroxylation is 1. The van der Waals surface area contributed by atoms with Gasteiger partial charge in [-0.25, -0.2) is 4.98 Å². The monoisotopic (exact) mass is 261 g/mol. The average molecular weight is 261 g/mol. The van der Waals surface area contributed by atoms with Crippen LogP contribution in [0.25, 0.3) is 0 Å². The summed E-state index contributed by atoms with van der Waals surface area (Å²) in [4.78, 5) is 4.19. The number of aromatic nitrogens is 3. The summed E-state index contributed by atoms with van der Waals surface area (Å²) < 4.78 is 6.88. The molecule has 0 bridgehead atoms. The quantitative estimate of drug-likeness (QED) is 0.849. The van der Waals surface area contributed by atoms with Gasteiger partial charge in [-0.05, 0) is 30.0 Å². The third-order valence-corrected chi connectivity index (χ3v) is 3.22. The van der Waals surface area contributed by atoms with Crippen LogP contribution in [0, 0.1) is 5.92 Å². The predicted molar refractivity (Wildman–Crippen MR) is 72.0 cm³/mol. The predicted octanol–water partition coefficient (Wildman–Crippen LogP) is 1.22. The highest BCUT2D eigenvalue weighted by molar-refractivity contribution is 5.27. The van der Waals surface area contributed by atoms with Gasteiger partial charge in [-0.1, -0.05) is 12.1 Å². The molecule has 0 radical (unpaired) electrons. The molecular formula is C14H19N3O2. The molecule has 0 aliphatic carbocycles. The van der Waals surface area contributed by atoms with Crippen molar-refractivity contribution in [3.8, 4) is 5.75 Å². The van der Waals surface area contributed by atoms with Crippen LogP contribution >= 0.6 is 0 Å². The molecule has 1 aromatic heterocycles. The lowest BCUT2D eigenvalue weighted by atomic mass is 9.96. The zero-order valence-electron chi connectivity index (χ0n) is 11.3. The summed E-state index contributed by atoms with van der Waals surface area (Å²) in [5.41, 5.74) is 1.18. The Morgan fingerprint density at radius 3 is 2.53 bits per heavy atom. The van der Waals surface area contributed by atoms with Crippen molar-refractivity contribution in [3.63, 3.8) is 0 Å². The molecule has 19 heavy (non-hydrogen) atoms. The number of aliphatic hydroxyl groups is 1. The minimum atomic E-state index is 0.138. The SMILES string of the molecule is COc1ccc(CC(CO)Cc2ncnn2C)cc1. The van der Waals surface area contributed by atoms with Gasteiger partial charge in [0.05, 0.1) is 7.11 Å². The summed E-state index contributed by atoms with van der Waals surface area (Å²) in [6, 6.07) is 7.93. The first kappa shape index (κ1) is 13.5. The van der Waals surface area contributed by atoms with E-state index >= 15 is 0 Å². The van der Waals surface area contributed by atoms with Crippen molar-refractivity contribution in [3.05, 3.63) is 42.0 Å². The van der Waals surface area contributed by atoms with E-state index in [0.29, 0.717) is 0 Å². The zero-order chi connectivity index (χ0) is 13.7. The van der Waals surface area contributed by atoms with Crippen molar-refractivity contribution in [1.82, 2.24) is 14.8 Å². The standard InChI is InChI=1S/C14H19N3O2/c1-17-14(15-10-16-17)8-12(9-18)7-11-3-5-13(19-2)6-4-11/h3-6,10,12,18H,7-9H2,1-2H3. The lowest BCUT2D eigenvalue weighted by Gasteiger charge is -2.13. The first-order valence-corrected chi connectivity index (χ1v) is 6.29. The van der Waals surface area contributed by atoms with Crippen molar-refractivity contribution in [2.75, 3.05) is 13.7 Å². The summed E-state index contributed by atoms with van der Waals surface area (Å²) in [6.07, 6.45) is 3.07. The van der Waals surface area contributed by atoms with Gasteiger partial charge < -0.3 is 9.84 Å². The van der Waals surface area contributed by atoms with Crippen LogP contribution in [-0.4, -0.2) is 33.6 Å². The highest BCUT2D eigenvalue weighted by Crippen LogP contribution is 2.16. The summed E-state index contributed by atoms with van der Waals surface area (Å²) in [5.74, 6) is 1.89. The Hall–Kier alpha value is -1.88. The van der Waals surface area contributed by atoms with Gasteiger partial charge in [-0.2, -0.15) is 5.10 Å². The molecule has 2 rings (SSSR count). The van der Waals surface area contributed by atoms with Crippen molar-refractivity contribution in [1.29, 1.82) is 0 Å². The first-order valence-electron chi connectivity index (χ1n) is 6.29. The van der Waals surface area contributed by atoms with Gasteiger partial charge in [0.2, 0.25) is 0 Å². The minimum absolute atomic E-state index is 0.138. The van der Waals surface area contributed by atoms with E-state index in [1.807, 2.05) is 31.3 Å². The Labute approximate surface area is 112 Å². The maximum Gasteiger partial charge on any atom is 0.138 e. The summed E-state index contributed by atoms with van der Waals surface area (Å²) in [6.45, 7) is 0.138.